The minimum absolute atomic E-state index is 0.0979. The molecular formula is C27H30FN3O3S. The van der Waals surface area contributed by atoms with Crippen molar-refractivity contribution < 1.29 is 18.7 Å². The molecule has 3 heterocycles. The molecule has 0 radical (unpaired) electrons. The molecule has 2 saturated heterocycles. The van der Waals surface area contributed by atoms with Crippen molar-refractivity contribution >= 4 is 33.2 Å². The highest BCUT2D eigenvalue weighted by Crippen LogP contribution is 2.35. The number of likely N-dealkylation sites (tertiary alicyclic amines) is 1. The third-order valence-corrected chi connectivity index (χ3v) is 8.00. The Hall–Kier alpha value is -2.97. The van der Waals surface area contributed by atoms with Crippen LogP contribution in [0.15, 0.2) is 48.5 Å². The number of amides is 2. The maximum Gasteiger partial charge on any atom is 0.264 e. The maximum atomic E-state index is 14.8. The number of carbonyl (C=O) groups excluding carboxylic acids is 2. The Labute approximate surface area is 208 Å². The van der Waals surface area contributed by atoms with Gasteiger partial charge in [-0.1, -0.05) is 24.3 Å². The van der Waals surface area contributed by atoms with Gasteiger partial charge in [0.25, 0.3) is 5.91 Å². The number of rotatable bonds is 6. The van der Waals surface area contributed by atoms with Gasteiger partial charge in [0.1, 0.15) is 18.2 Å². The van der Waals surface area contributed by atoms with Gasteiger partial charge in [0.05, 0.1) is 11.4 Å². The smallest absolute Gasteiger partial charge is 0.264 e. The van der Waals surface area contributed by atoms with Crippen molar-refractivity contribution in [1.29, 1.82) is 0 Å². The number of hydrogen-bond acceptors (Lipinski definition) is 5. The fraction of sp³-hybridized carbons (Fsp3) is 0.407. The molecule has 184 valence electrons. The van der Waals surface area contributed by atoms with Crippen LogP contribution in [0.25, 0.3) is 10.1 Å². The van der Waals surface area contributed by atoms with Gasteiger partial charge >= 0.3 is 0 Å². The maximum absolute atomic E-state index is 14.8. The number of nitrogens with zero attached hydrogens (tertiary/aromatic N) is 3. The summed E-state index contributed by atoms with van der Waals surface area (Å²) >= 11 is 1.32. The van der Waals surface area contributed by atoms with Gasteiger partial charge in [-0.05, 0) is 43.5 Å². The third-order valence-electron chi connectivity index (χ3n) is 6.81. The van der Waals surface area contributed by atoms with Crippen molar-refractivity contribution in [2.45, 2.75) is 25.9 Å². The van der Waals surface area contributed by atoms with Gasteiger partial charge in [-0.25, -0.2) is 4.39 Å². The summed E-state index contributed by atoms with van der Waals surface area (Å²) in [4.78, 5) is 32.6. The monoisotopic (exact) mass is 495 g/mol. The molecule has 8 heteroatoms. The molecule has 0 aliphatic carbocycles. The highest BCUT2D eigenvalue weighted by atomic mass is 32.1. The average molecular weight is 496 g/mol. The Bertz CT molecular complexity index is 1190. The molecular weight excluding hydrogens is 465 g/mol. The van der Waals surface area contributed by atoms with Crippen molar-refractivity contribution in [3.8, 4) is 5.75 Å². The number of para-hydroxylation sites is 1. The molecule has 2 aliphatic heterocycles. The first-order valence-corrected chi connectivity index (χ1v) is 13.1. The Kier molecular flexibility index (Phi) is 7.29. The van der Waals surface area contributed by atoms with E-state index in [0.717, 1.165) is 30.6 Å². The summed E-state index contributed by atoms with van der Waals surface area (Å²) in [7, 11) is 0. The van der Waals surface area contributed by atoms with Crippen LogP contribution in [0.5, 0.6) is 5.75 Å². The van der Waals surface area contributed by atoms with Crippen LogP contribution in [0, 0.1) is 5.82 Å². The molecule has 0 spiro atoms. The summed E-state index contributed by atoms with van der Waals surface area (Å²) in [5.41, 5.74) is 0.597. The Morgan fingerprint density at radius 2 is 1.60 bits per heavy atom. The van der Waals surface area contributed by atoms with E-state index >= 15 is 0 Å². The highest BCUT2D eigenvalue weighted by Gasteiger charge is 2.29. The number of benzene rings is 2. The SMILES string of the molecule is O=C(CN1CCN(C(=O)c2sc3cccc(F)c3c2COc2ccccc2)CC1)N1CCCCC1. The molecule has 2 aromatic carbocycles. The van der Waals surface area contributed by atoms with Crippen molar-refractivity contribution in [2.24, 2.45) is 0 Å². The lowest BCUT2D eigenvalue weighted by Crippen LogP contribution is -2.52. The van der Waals surface area contributed by atoms with Crippen LogP contribution in [0.3, 0.4) is 0 Å². The average Bonchev–Trinajstić information content (AvgIpc) is 3.28. The van der Waals surface area contributed by atoms with E-state index in [-0.39, 0.29) is 24.2 Å². The predicted molar refractivity (Wildman–Crippen MR) is 135 cm³/mol. The van der Waals surface area contributed by atoms with Gasteiger partial charge in [0, 0.05) is 54.9 Å². The van der Waals surface area contributed by atoms with Gasteiger partial charge < -0.3 is 14.5 Å². The molecule has 0 N–H and O–H groups in total. The van der Waals surface area contributed by atoms with E-state index in [1.54, 1.807) is 6.07 Å². The summed E-state index contributed by atoms with van der Waals surface area (Å²) in [5, 5.41) is 0.461. The number of piperazine rings is 1. The lowest BCUT2D eigenvalue weighted by atomic mass is 10.1. The molecule has 0 saturated carbocycles. The number of ether oxygens (including phenoxy) is 1. The summed E-state index contributed by atoms with van der Waals surface area (Å²) in [5.74, 6) is 0.420. The molecule has 0 bridgehead atoms. The van der Waals surface area contributed by atoms with Gasteiger partial charge in [0.15, 0.2) is 0 Å². The number of fused-ring (bicyclic) bond motifs is 1. The third kappa shape index (κ3) is 5.33. The second-order valence-electron chi connectivity index (χ2n) is 9.13. The molecule has 6 nitrogen and oxygen atoms in total. The zero-order chi connectivity index (χ0) is 24.2. The van der Waals surface area contributed by atoms with Gasteiger partial charge in [-0.15, -0.1) is 11.3 Å². The van der Waals surface area contributed by atoms with E-state index in [1.807, 2.05) is 46.2 Å². The molecule has 5 rings (SSSR count). The second kappa shape index (κ2) is 10.7. The molecule has 2 fully saturated rings. The summed E-state index contributed by atoms with van der Waals surface area (Å²) < 4.78 is 21.5. The summed E-state index contributed by atoms with van der Waals surface area (Å²) in [6, 6.07) is 14.3. The predicted octanol–water partition coefficient (Wildman–Crippen LogP) is 4.39. The lowest BCUT2D eigenvalue weighted by Gasteiger charge is -2.36. The van der Waals surface area contributed by atoms with E-state index in [2.05, 4.69) is 4.90 Å². The fourth-order valence-electron chi connectivity index (χ4n) is 4.84. The number of thiophene rings is 1. The van der Waals surface area contributed by atoms with Gasteiger partial charge in [0.2, 0.25) is 5.91 Å². The van der Waals surface area contributed by atoms with Crippen LogP contribution >= 0.6 is 11.3 Å². The van der Waals surface area contributed by atoms with Crippen molar-refractivity contribution in [2.75, 3.05) is 45.8 Å². The van der Waals surface area contributed by atoms with E-state index in [9.17, 15) is 14.0 Å². The largest absolute Gasteiger partial charge is 0.489 e. The number of carbonyl (C=O) groups is 2. The molecule has 0 atom stereocenters. The minimum atomic E-state index is -0.342. The molecule has 2 aliphatic rings. The zero-order valence-electron chi connectivity index (χ0n) is 19.7. The normalized spacial score (nSPS) is 17.1. The van der Waals surface area contributed by atoms with Crippen molar-refractivity contribution in [1.82, 2.24) is 14.7 Å². The Balaban J connectivity index is 1.28. The molecule has 1 aromatic heterocycles. The Morgan fingerprint density at radius 3 is 2.34 bits per heavy atom. The van der Waals surface area contributed by atoms with Crippen molar-refractivity contribution in [3.05, 3.63) is 64.8 Å². The van der Waals surface area contributed by atoms with Crippen LogP contribution in [0.2, 0.25) is 0 Å². The first kappa shape index (κ1) is 23.8. The number of piperidine rings is 1. The minimum Gasteiger partial charge on any atom is -0.489 e. The number of hydrogen-bond donors (Lipinski definition) is 0. The van der Waals surface area contributed by atoms with Crippen LogP contribution in [0.4, 0.5) is 4.39 Å². The molecule has 0 unspecified atom stereocenters. The molecule has 2 amide bonds. The van der Waals surface area contributed by atoms with E-state index in [4.69, 9.17) is 4.74 Å². The first-order chi connectivity index (χ1) is 17.1. The fourth-order valence-corrected chi connectivity index (χ4v) is 6.03. The topological polar surface area (TPSA) is 53.1 Å². The van der Waals surface area contributed by atoms with Crippen molar-refractivity contribution in [3.63, 3.8) is 0 Å². The molecule has 3 aromatic rings. The quantitative estimate of drug-likeness (QED) is 0.509. The van der Waals surface area contributed by atoms with Crippen LogP contribution in [-0.4, -0.2) is 72.3 Å². The zero-order valence-corrected chi connectivity index (χ0v) is 20.6. The lowest BCUT2D eigenvalue weighted by molar-refractivity contribution is -0.133. The summed E-state index contributed by atoms with van der Waals surface area (Å²) in [6.45, 7) is 4.63. The van der Waals surface area contributed by atoms with E-state index in [0.29, 0.717) is 54.3 Å². The van der Waals surface area contributed by atoms with Crippen LogP contribution in [-0.2, 0) is 11.4 Å². The standard InChI is InChI=1S/C27H30FN3O3S/c28-22-10-7-11-23-25(22)21(19-34-20-8-3-1-4-9-20)26(35-23)27(33)31-16-14-29(15-17-31)18-24(32)30-12-5-2-6-13-30/h1,3-4,7-11H,2,5-6,12-19H2. The van der Waals surface area contributed by atoms with Crippen LogP contribution < -0.4 is 4.74 Å². The number of halogens is 1. The first-order valence-electron chi connectivity index (χ1n) is 12.3. The highest BCUT2D eigenvalue weighted by molar-refractivity contribution is 7.21. The Morgan fingerprint density at radius 1 is 0.857 bits per heavy atom. The van der Waals surface area contributed by atoms with Crippen LogP contribution in [0.1, 0.15) is 34.5 Å². The van der Waals surface area contributed by atoms with Gasteiger partial charge in [-0.3, -0.25) is 14.5 Å². The summed E-state index contributed by atoms with van der Waals surface area (Å²) in [6.07, 6.45) is 3.37. The van der Waals surface area contributed by atoms with Gasteiger partial charge in [-0.2, -0.15) is 0 Å². The van der Waals surface area contributed by atoms with E-state index < -0.39 is 0 Å². The second-order valence-corrected chi connectivity index (χ2v) is 10.2. The molecule has 35 heavy (non-hydrogen) atoms. The van der Waals surface area contributed by atoms with E-state index in [1.165, 1.54) is 23.8 Å².